The third-order valence-electron chi connectivity index (χ3n) is 4.69. The Balaban J connectivity index is 2.18. The average molecular weight is 274 g/mol. The van der Waals surface area contributed by atoms with Crippen molar-refractivity contribution in [3.05, 3.63) is 29.8 Å². The molecule has 0 aromatic heterocycles. The highest BCUT2D eigenvalue weighted by molar-refractivity contribution is 6.92. The first-order valence-corrected chi connectivity index (χ1v) is 10.4. The summed E-state index contributed by atoms with van der Waals surface area (Å²) in [6.45, 7) is 4.42. The van der Waals surface area contributed by atoms with Crippen LogP contribution in [0.4, 0.5) is 0 Å². The fourth-order valence-corrected chi connectivity index (χ4v) is 8.24. The van der Waals surface area contributed by atoms with Crippen LogP contribution in [0.3, 0.4) is 0 Å². The largest absolute Gasteiger partial charge is 0.300 e. The summed E-state index contributed by atoms with van der Waals surface area (Å²) >= 11 is 0. The second-order valence-corrected chi connectivity index (χ2v) is 10.8. The Hall–Kier alpha value is -0.893. The Morgan fingerprint density at radius 1 is 1.05 bits per heavy atom. The first-order valence-electron chi connectivity index (χ1n) is 7.75. The lowest BCUT2D eigenvalue weighted by molar-refractivity contribution is -0.118. The first kappa shape index (κ1) is 14.5. The predicted molar refractivity (Wildman–Crippen MR) is 84.8 cm³/mol. The number of carbonyl (C=O) groups is 1. The molecule has 0 aliphatic carbocycles. The van der Waals surface area contributed by atoms with Crippen LogP contribution in [0.2, 0.25) is 18.1 Å². The molecule has 1 aromatic carbocycles. The van der Waals surface area contributed by atoms with Crippen LogP contribution in [0.1, 0.15) is 44.6 Å². The van der Waals surface area contributed by atoms with Gasteiger partial charge in [0.05, 0.1) is 8.07 Å². The molecule has 0 spiro atoms. The number of Topliss-reactive ketones (excluding diaryl/α,β-unsaturated/α-hetero) is 1. The minimum atomic E-state index is -1.38. The molecule has 0 N–H and O–H groups in total. The molecule has 2 heteroatoms. The van der Waals surface area contributed by atoms with E-state index in [2.05, 4.69) is 38.1 Å². The molecule has 1 aliphatic rings. The molecular weight excluding hydrogens is 248 g/mol. The molecule has 0 amide bonds. The lowest BCUT2D eigenvalue weighted by Crippen LogP contribution is -2.50. The maximum atomic E-state index is 11.6. The number of unbranched alkanes of at least 4 members (excludes halogenated alkanes) is 2. The second kappa shape index (κ2) is 6.51. The van der Waals surface area contributed by atoms with E-state index in [1.54, 1.807) is 5.19 Å². The fourth-order valence-electron chi connectivity index (χ4n) is 3.31. The van der Waals surface area contributed by atoms with E-state index in [0.29, 0.717) is 5.78 Å². The Labute approximate surface area is 118 Å². The summed E-state index contributed by atoms with van der Waals surface area (Å²) in [5.41, 5.74) is 1.34. The Bertz CT molecular complexity index is 411. The Kier molecular flexibility index (Phi) is 4.97. The molecule has 0 bridgehead atoms. The highest BCUT2D eigenvalue weighted by Gasteiger charge is 2.37. The normalized spacial score (nSPS) is 18.5. The quantitative estimate of drug-likeness (QED) is 0.581. The number of hydrogen-bond donors (Lipinski definition) is 0. The van der Waals surface area contributed by atoms with Crippen LogP contribution < -0.4 is 5.19 Å². The van der Waals surface area contributed by atoms with Gasteiger partial charge < -0.3 is 0 Å². The van der Waals surface area contributed by atoms with Crippen molar-refractivity contribution >= 4 is 19.0 Å². The number of rotatable bonds is 5. The number of benzene rings is 1. The maximum Gasteiger partial charge on any atom is 0.132 e. The molecule has 1 nitrogen and oxygen atoms in total. The zero-order valence-electron chi connectivity index (χ0n) is 12.4. The van der Waals surface area contributed by atoms with E-state index in [1.165, 1.54) is 43.0 Å². The molecule has 1 aromatic rings. The lowest BCUT2D eigenvalue weighted by atomic mass is 10.2. The topological polar surface area (TPSA) is 17.1 Å². The van der Waals surface area contributed by atoms with Crippen LogP contribution in [0, 0.1) is 6.92 Å². The Morgan fingerprint density at radius 2 is 1.68 bits per heavy atom. The molecule has 1 aliphatic heterocycles. The molecule has 0 radical (unpaired) electrons. The van der Waals surface area contributed by atoms with Crippen molar-refractivity contribution in [3.63, 3.8) is 0 Å². The predicted octanol–water partition coefficient (Wildman–Crippen LogP) is 4.20. The number of carbonyl (C=O) groups excluding carboxylic acids is 1. The Morgan fingerprint density at radius 3 is 2.26 bits per heavy atom. The van der Waals surface area contributed by atoms with Crippen molar-refractivity contribution in [2.45, 2.75) is 64.1 Å². The minimum Gasteiger partial charge on any atom is -0.300 e. The van der Waals surface area contributed by atoms with Gasteiger partial charge in [-0.25, -0.2) is 0 Å². The average Bonchev–Trinajstić information content (AvgIpc) is 2.42. The molecule has 1 fully saturated rings. The van der Waals surface area contributed by atoms with Gasteiger partial charge in [0.15, 0.2) is 0 Å². The molecule has 19 heavy (non-hydrogen) atoms. The van der Waals surface area contributed by atoms with Gasteiger partial charge >= 0.3 is 0 Å². The maximum absolute atomic E-state index is 11.6. The van der Waals surface area contributed by atoms with E-state index < -0.39 is 8.07 Å². The number of ketones is 1. The van der Waals surface area contributed by atoms with Gasteiger partial charge in [-0.1, -0.05) is 67.2 Å². The van der Waals surface area contributed by atoms with Gasteiger partial charge in [-0.15, -0.1) is 0 Å². The van der Waals surface area contributed by atoms with Crippen molar-refractivity contribution in [2.24, 2.45) is 0 Å². The highest BCUT2D eigenvalue weighted by Crippen LogP contribution is 2.31. The summed E-state index contributed by atoms with van der Waals surface area (Å²) in [6.07, 6.45) is 5.66. The van der Waals surface area contributed by atoms with Crippen LogP contribution in [0.25, 0.3) is 0 Å². The van der Waals surface area contributed by atoms with Gasteiger partial charge in [-0.05, 0) is 19.0 Å². The van der Waals surface area contributed by atoms with Gasteiger partial charge in [0.1, 0.15) is 5.78 Å². The summed E-state index contributed by atoms with van der Waals surface area (Å²) in [5, 5.41) is 1.60. The summed E-state index contributed by atoms with van der Waals surface area (Å²) in [5.74, 6) is 0.491. The molecule has 1 saturated heterocycles. The van der Waals surface area contributed by atoms with Gasteiger partial charge in [0.25, 0.3) is 0 Å². The van der Waals surface area contributed by atoms with Crippen molar-refractivity contribution in [2.75, 3.05) is 0 Å². The van der Waals surface area contributed by atoms with Gasteiger partial charge in [-0.2, -0.15) is 0 Å². The fraction of sp³-hybridized carbons (Fsp3) is 0.588. The third kappa shape index (κ3) is 3.56. The molecule has 2 rings (SSSR count). The van der Waals surface area contributed by atoms with E-state index in [9.17, 15) is 4.79 Å². The first-order chi connectivity index (χ1) is 9.16. The second-order valence-electron chi connectivity index (χ2n) is 6.14. The van der Waals surface area contributed by atoms with E-state index >= 15 is 0 Å². The van der Waals surface area contributed by atoms with E-state index in [4.69, 9.17) is 0 Å². The molecule has 1 heterocycles. The number of hydrogen-bond acceptors (Lipinski definition) is 1. The van der Waals surface area contributed by atoms with Crippen molar-refractivity contribution < 1.29 is 4.79 Å². The summed E-state index contributed by atoms with van der Waals surface area (Å²) in [4.78, 5) is 11.6. The zero-order valence-corrected chi connectivity index (χ0v) is 13.4. The molecule has 0 atom stereocenters. The molecule has 104 valence electrons. The molecule has 0 saturated carbocycles. The van der Waals surface area contributed by atoms with Crippen LogP contribution in [-0.2, 0) is 4.79 Å². The number of aryl methyl sites for hydroxylation is 1. The van der Waals surface area contributed by atoms with E-state index in [1.807, 2.05) is 0 Å². The van der Waals surface area contributed by atoms with Gasteiger partial charge in [0, 0.05) is 12.8 Å². The standard InChI is InChI=1S/C17H26OSi/c1-3-4-5-12-19(13-10-16(18)11-14-19)17-8-6-15(2)7-9-17/h6-9H,3-5,10-14H2,1-2H3. The van der Waals surface area contributed by atoms with Crippen molar-refractivity contribution in [3.8, 4) is 0 Å². The van der Waals surface area contributed by atoms with Crippen LogP contribution in [-0.4, -0.2) is 13.9 Å². The zero-order chi connectivity index (χ0) is 13.7. The molecular formula is C17H26OSi. The van der Waals surface area contributed by atoms with E-state index in [-0.39, 0.29) is 0 Å². The summed E-state index contributed by atoms with van der Waals surface area (Å²) in [7, 11) is -1.38. The van der Waals surface area contributed by atoms with Gasteiger partial charge in [0.2, 0.25) is 0 Å². The highest BCUT2D eigenvalue weighted by atomic mass is 28.3. The SMILES string of the molecule is CCCCC[Si]1(c2ccc(C)cc2)CCC(=O)CC1. The minimum absolute atomic E-state index is 0.491. The monoisotopic (exact) mass is 274 g/mol. The summed E-state index contributed by atoms with van der Waals surface area (Å²) < 4.78 is 0. The van der Waals surface area contributed by atoms with Crippen LogP contribution >= 0.6 is 0 Å². The summed E-state index contributed by atoms with van der Waals surface area (Å²) in [6, 6.07) is 13.0. The van der Waals surface area contributed by atoms with Crippen LogP contribution in [0.15, 0.2) is 24.3 Å². The van der Waals surface area contributed by atoms with Crippen molar-refractivity contribution in [1.82, 2.24) is 0 Å². The molecule has 0 unspecified atom stereocenters. The van der Waals surface area contributed by atoms with Gasteiger partial charge in [-0.3, -0.25) is 4.79 Å². The smallest absolute Gasteiger partial charge is 0.132 e. The van der Waals surface area contributed by atoms with Crippen LogP contribution in [0.5, 0.6) is 0 Å². The third-order valence-corrected chi connectivity index (χ3v) is 9.97. The van der Waals surface area contributed by atoms with E-state index in [0.717, 1.165) is 12.8 Å². The van der Waals surface area contributed by atoms with Crippen molar-refractivity contribution in [1.29, 1.82) is 0 Å². The lowest BCUT2D eigenvalue weighted by Gasteiger charge is -2.35.